The lowest BCUT2D eigenvalue weighted by atomic mass is 10.0. The smallest absolute Gasteiger partial charge is 0.381 e. The van der Waals surface area contributed by atoms with Crippen LogP contribution in [-0.4, -0.2) is 31.6 Å². The number of benzene rings is 1. The highest BCUT2D eigenvalue weighted by molar-refractivity contribution is 5.53. The molecule has 0 aliphatic rings. The molecule has 1 aromatic rings. The number of rotatable bonds is 5. The largest absolute Gasteiger partial charge is 0.417 e. The molecule has 116 valence electrons. The topological polar surface area (TPSA) is 39.1 Å². The Bertz CT molecular complexity index is 516. The average molecular weight is 299 g/mol. The Hall–Kier alpha value is -1.74. The molecule has 0 bridgehead atoms. The van der Waals surface area contributed by atoms with Crippen LogP contribution in [-0.2, 0) is 6.18 Å². The fraction of sp³-hybridized carbons (Fsp3) is 0.533. The van der Waals surface area contributed by atoms with Gasteiger partial charge in [0, 0.05) is 18.3 Å². The summed E-state index contributed by atoms with van der Waals surface area (Å²) in [6, 6.07) is 5.33. The number of halogens is 3. The van der Waals surface area contributed by atoms with Crippen LogP contribution in [0.3, 0.4) is 0 Å². The highest BCUT2D eigenvalue weighted by Crippen LogP contribution is 2.33. The lowest BCUT2D eigenvalue weighted by molar-refractivity contribution is -0.137. The van der Waals surface area contributed by atoms with Crippen LogP contribution in [0.5, 0.6) is 0 Å². The SMILES string of the molecule is CC(C)C(CN(C)C)Nc1ccc(C#N)c(C(F)(F)F)c1. The molecule has 0 aromatic heterocycles. The Kier molecular flexibility index (Phi) is 5.62. The summed E-state index contributed by atoms with van der Waals surface area (Å²) in [5.74, 6) is 0.261. The van der Waals surface area contributed by atoms with Gasteiger partial charge >= 0.3 is 6.18 Å². The van der Waals surface area contributed by atoms with Crippen LogP contribution in [0.25, 0.3) is 0 Å². The molecular weight excluding hydrogens is 279 g/mol. The molecule has 1 rings (SSSR count). The van der Waals surface area contributed by atoms with Crippen molar-refractivity contribution in [2.75, 3.05) is 26.0 Å². The van der Waals surface area contributed by atoms with Crippen LogP contribution in [0.1, 0.15) is 25.0 Å². The van der Waals surface area contributed by atoms with Gasteiger partial charge in [0.05, 0.1) is 17.2 Å². The molecule has 0 amide bonds. The number of nitrogens with one attached hydrogen (secondary N) is 1. The zero-order valence-electron chi connectivity index (χ0n) is 12.6. The minimum atomic E-state index is -4.53. The molecule has 6 heteroatoms. The van der Waals surface area contributed by atoms with Gasteiger partial charge in [-0.05, 0) is 38.2 Å². The molecule has 0 aliphatic heterocycles. The Labute approximate surface area is 123 Å². The Morgan fingerprint density at radius 1 is 1.29 bits per heavy atom. The normalized spacial score (nSPS) is 13.3. The zero-order valence-corrected chi connectivity index (χ0v) is 12.6. The highest BCUT2D eigenvalue weighted by Gasteiger charge is 2.34. The van der Waals surface area contributed by atoms with E-state index in [2.05, 4.69) is 5.32 Å². The fourth-order valence-corrected chi connectivity index (χ4v) is 2.00. The van der Waals surface area contributed by atoms with Gasteiger partial charge in [0.1, 0.15) is 0 Å². The van der Waals surface area contributed by atoms with Gasteiger partial charge in [-0.1, -0.05) is 13.8 Å². The molecule has 1 aromatic carbocycles. The van der Waals surface area contributed by atoms with Crippen LogP contribution in [0.2, 0.25) is 0 Å². The first-order chi connectivity index (χ1) is 9.65. The number of hydrogen-bond donors (Lipinski definition) is 1. The molecule has 0 aliphatic carbocycles. The van der Waals surface area contributed by atoms with Crippen molar-refractivity contribution in [3.05, 3.63) is 29.3 Å². The number of alkyl halides is 3. The average Bonchev–Trinajstić information content (AvgIpc) is 2.36. The monoisotopic (exact) mass is 299 g/mol. The summed E-state index contributed by atoms with van der Waals surface area (Å²) in [4.78, 5) is 1.98. The number of anilines is 1. The maximum atomic E-state index is 12.9. The fourth-order valence-electron chi connectivity index (χ4n) is 2.00. The van der Waals surface area contributed by atoms with Gasteiger partial charge in [0.15, 0.2) is 0 Å². The molecule has 1 atom stereocenters. The van der Waals surface area contributed by atoms with E-state index in [9.17, 15) is 13.2 Å². The van der Waals surface area contributed by atoms with Gasteiger partial charge in [0.2, 0.25) is 0 Å². The van der Waals surface area contributed by atoms with Crippen molar-refractivity contribution >= 4 is 5.69 Å². The number of hydrogen-bond acceptors (Lipinski definition) is 3. The van der Waals surface area contributed by atoms with E-state index in [-0.39, 0.29) is 17.5 Å². The van der Waals surface area contributed by atoms with Gasteiger partial charge in [-0.2, -0.15) is 18.4 Å². The van der Waals surface area contributed by atoms with Crippen molar-refractivity contribution in [2.24, 2.45) is 5.92 Å². The van der Waals surface area contributed by atoms with E-state index in [1.807, 2.05) is 32.8 Å². The molecule has 21 heavy (non-hydrogen) atoms. The summed E-state index contributed by atoms with van der Waals surface area (Å²) in [7, 11) is 3.83. The molecule has 0 saturated heterocycles. The summed E-state index contributed by atoms with van der Waals surface area (Å²) in [5.41, 5.74) is -0.883. The summed E-state index contributed by atoms with van der Waals surface area (Å²) in [6.07, 6.45) is -4.53. The van der Waals surface area contributed by atoms with Crippen molar-refractivity contribution in [1.82, 2.24) is 4.90 Å². The maximum Gasteiger partial charge on any atom is 0.417 e. The molecule has 0 heterocycles. The van der Waals surface area contributed by atoms with Crippen molar-refractivity contribution in [3.8, 4) is 6.07 Å². The third-order valence-corrected chi connectivity index (χ3v) is 3.16. The van der Waals surface area contributed by atoms with Crippen molar-refractivity contribution in [1.29, 1.82) is 5.26 Å². The van der Waals surface area contributed by atoms with E-state index >= 15 is 0 Å². The second kappa shape index (κ2) is 6.81. The standard InChI is InChI=1S/C15H20F3N3/c1-10(2)14(9-21(3)4)20-12-6-5-11(8-19)13(7-12)15(16,17)18/h5-7,10,14,20H,9H2,1-4H3. The summed E-state index contributed by atoms with van der Waals surface area (Å²) in [6.45, 7) is 4.73. The molecule has 0 saturated carbocycles. The molecule has 1 N–H and O–H groups in total. The van der Waals surface area contributed by atoms with Crippen molar-refractivity contribution in [2.45, 2.75) is 26.1 Å². The summed E-state index contributed by atoms with van der Waals surface area (Å²) in [5, 5.41) is 11.9. The van der Waals surface area contributed by atoms with Crippen LogP contribution in [0.15, 0.2) is 18.2 Å². The molecular formula is C15H20F3N3. The van der Waals surface area contributed by atoms with Crippen LogP contribution in [0, 0.1) is 17.2 Å². The maximum absolute atomic E-state index is 12.9. The molecule has 0 fully saturated rings. The summed E-state index contributed by atoms with van der Waals surface area (Å²) >= 11 is 0. The number of nitrogens with zero attached hydrogens (tertiary/aromatic N) is 2. The van der Waals surface area contributed by atoms with E-state index in [0.29, 0.717) is 12.2 Å². The van der Waals surface area contributed by atoms with E-state index in [4.69, 9.17) is 5.26 Å². The predicted octanol–water partition coefficient (Wildman–Crippen LogP) is 3.58. The van der Waals surface area contributed by atoms with Gasteiger partial charge < -0.3 is 10.2 Å². The van der Waals surface area contributed by atoms with E-state index in [1.165, 1.54) is 12.1 Å². The number of likely N-dealkylation sites (N-methyl/N-ethyl adjacent to an activating group) is 1. The quantitative estimate of drug-likeness (QED) is 0.903. The minimum Gasteiger partial charge on any atom is -0.381 e. The Morgan fingerprint density at radius 3 is 2.33 bits per heavy atom. The molecule has 3 nitrogen and oxygen atoms in total. The minimum absolute atomic E-state index is 0.0222. The van der Waals surface area contributed by atoms with Gasteiger partial charge in [-0.25, -0.2) is 0 Å². The second-order valence-electron chi connectivity index (χ2n) is 5.63. The van der Waals surface area contributed by atoms with Crippen LogP contribution >= 0.6 is 0 Å². The Balaban J connectivity index is 3.06. The van der Waals surface area contributed by atoms with Gasteiger partial charge in [-0.15, -0.1) is 0 Å². The second-order valence-corrected chi connectivity index (χ2v) is 5.63. The van der Waals surface area contributed by atoms with E-state index in [0.717, 1.165) is 6.07 Å². The zero-order chi connectivity index (χ0) is 16.2. The van der Waals surface area contributed by atoms with Crippen molar-refractivity contribution in [3.63, 3.8) is 0 Å². The highest BCUT2D eigenvalue weighted by atomic mass is 19.4. The third kappa shape index (κ3) is 4.94. The van der Waals surface area contributed by atoms with Crippen LogP contribution < -0.4 is 5.32 Å². The lowest BCUT2D eigenvalue weighted by Gasteiger charge is -2.27. The summed E-state index contributed by atoms with van der Waals surface area (Å²) < 4.78 is 38.8. The van der Waals surface area contributed by atoms with Crippen molar-refractivity contribution < 1.29 is 13.2 Å². The molecule has 0 radical (unpaired) electrons. The van der Waals surface area contributed by atoms with Gasteiger partial charge in [-0.3, -0.25) is 0 Å². The Morgan fingerprint density at radius 2 is 1.90 bits per heavy atom. The third-order valence-electron chi connectivity index (χ3n) is 3.16. The number of nitriles is 1. The van der Waals surface area contributed by atoms with Crippen LogP contribution in [0.4, 0.5) is 18.9 Å². The lowest BCUT2D eigenvalue weighted by Crippen LogP contribution is -2.36. The first-order valence-electron chi connectivity index (χ1n) is 6.67. The predicted molar refractivity (Wildman–Crippen MR) is 77.0 cm³/mol. The van der Waals surface area contributed by atoms with Gasteiger partial charge in [0.25, 0.3) is 0 Å². The first kappa shape index (κ1) is 17.3. The van der Waals surface area contributed by atoms with E-state index in [1.54, 1.807) is 6.07 Å². The molecule has 0 spiro atoms. The first-order valence-corrected chi connectivity index (χ1v) is 6.67. The molecule has 1 unspecified atom stereocenters. The van der Waals surface area contributed by atoms with E-state index < -0.39 is 11.7 Å².